The molecular weight excluding hydrogens is 208 g/mol. The van der Waals surface area contributed by atoms with Gasteiger partial charge in [0.05, 0.1) is 0 Å². The summed E-state index contributed by atoms with van der Waals surface area (Å²) in [6.45, 7) is 6.42. The molecule has 1 N–H and O–H groups in total. The Hall–Kier alpha value is -0.680. The number of aromatic nitrogens is 2. The summed E-state index contributed by atoms with van der Waals surface area (Å²) in [4.78, 5) is 6.89. The molecule has 0 saturated carbocycles. The maximum absolute atomic E-state index is 4.57. The van der Waals surface area contributed by atoms with E-state index < -0.39 is 0 Å². The van der Waals surface area contributed by atoms with Crippen LogP contribution in [-0.2, 0) is 0 Å². The molecule has 1 unspecified atom stereocenters. The van der Waals surface area contributed by atoms with Crippen LogP contribution in [0.15, 0.2) is 0 Å². The van der Waals surface area contributed by atoms with Gasteiger partial charge in [0, 0.05) is 36.6 Å². The van der Waals surface area contributed by atoms with Gasteiger partial charge in [0.15, 0.2) is 0 Å². The van der Waals surface area contributed by atoms with E-state index in [0.717, 1.165) is 24.0 Å². The Labute approximate surface area is 94.9 Å². The summed E-state index contributed by atoms with van der Waals surface area (Å²) in [6, 6.07) is 0.608. The first-order valence-electron chi connectivity index (χ1n) is 5.46. The van der Waals surface area contributed by atoms with Gasteiger partial charge in [-0.3, -0.25) is 0 Å². The quantitative estimate of drug-likeness (QED) is 0.847. The zero-order valence-electron chi connectivity index (χ0n) is 9.53. The fourth-order valence-electron chi connectivity index (χ4n) is 1.76. The van der Waals surface area contributed by atoms with Crippen molar-refractivity contribution in [2.45, 2.75) is 32.2 Å². The van der Waals surface area contributed by atoms with Gasteiger partial charge < -0.3 is 10.2 Å². The predicted molar refractivity (Wildman–Crippen MR) is 63.7 cm³/mol. The second-order valence-corrected chi connectivity index (χ2v) is 5.04. The van der Waals surface area contributed by atoms with Gasteiger partial charge in [-0.05, 0) is 13.5 Å². The summed E-state index contributed by atoms with van der Waals surface area (Å²) in [5.41, 5.74) is 0. The lowest BCUT2D eigenvalue weighted by Gasteiger charge is -2.13. The van der Waals surface area contributed by atoms with E-state index in [1.165, 1.54) is 18.0 Å². The zero-order valence-corrected chi connectivity index (χ0v) is 10.3. The van der Waals surface area contributed by atoms with Crippen LogP contribution < -0.4 is 10.2 Å². The Morgan fingerprint density at radius 2 is 2.33 bits per heavy atom. The van der Waals surface area contributed by atoms with Gasteiger partial charge in [0.2, 0.25) is 5.13 Å². The summed E-state index contributed by atoms with van der Waals surface area (Å²) in [6.07, 6.45) is 1.20. The molecule has 1 atom stereocenters. The molecule has 1 aliphatic heterocycles. The highest BCUT2D eigenvalue weighted by molar-refractivity contribution is 7.09. The van der Waals surface area contributed by atoms with E-state index in [2.05, 4.69) is 33.4 Å². The van der Waals surface area contributed by atoms with E-state index in [9.17, 15) is 0 Å². The molecule has 0 radical (unpaired) electrons. The SMILES string of the molecule is CNC1CCN(c2nc(C(C)C)ns2)C1. The highest BCUT2D eigenvalue weighted by Crippen LogP contribution is 2.24. The minimum Gasteiger partial charge on any atom is -0.345 e. The fraction of sp³-hybridized carbons (Fsp3) is 0.800. The van der Waals surface area contributed by atoms with E-state index in [0.29, 0.717) is 12.0 Å². The lowest BCUT2D eigenvalue weighted by Crippen LogP contribution is -2.29. The molecule has 1 aromatic rings. The Morgan fingerprint density at radius 1 is 1.53 bits per heavy atom. The second-order valence-electron chi connectivity index (χ2n) is 4.31. The van der Waals surface area contributed by atoms with Crippen molar-refractivity contribution in [1.82, 2.24) is 14.7 Å². The summed E-state index contributed by atoms with van der Waals surface area (Å²) in [7, 11) is 2.02. The lowest BCUT2D eigenvalue weighted by atomic mass is 10.2. The van der Waals surface area contributed by atoms with Crippen LogP contribution in [0.1, 0.15) is 32.0 Å². The molecule has 2 rings (SSSR count). The zero-order chi connectivity index (χ0) is 10.8. The molecule has 0 aliphatic carbocycles. The first-order valence-corrected chi connectivity index (χ1v) is 6.24. The van der Waals surface area contributed by atoms with Crippen molar-refractivity contribution >= 4 is 16.7 Å². The van der Waals surface area contributed by atoms with Crippen LogP contribution in [0.4, 0.5) is 5.13 Å². The highest BCUT2D eigenvalue weighted by atomic mass is 32.1. The van der Waals surface area contributed by atoms with Crippen LogP contribution in [0.2, 0.25) is 0 Å². The highest BCUT2D eigenvalue weighted by Gasteiger charge is 2.23. The Morgan fingerprint density at radius 3 is 2.87 bits per heavy atom. The number of rotatable bonds is 3. The first-order chi connectivity index (χ1) is 7.20. The molecule has 1 aromatic heterocycles. The summed E-state index contributed by atoms with van der Waals surface area (Å²) in [5, 5.41) is 4.39. The van der Waals surface area contributed by atoms with Crippen molar-refractivity contribution in [3.05, 3.63) is 5.82 Å². The second kappa shape index (κ2) is 4.45. The smallest absolute Gasteiger partial charge is 0.205 e. The normalized spacial score (nSPS) is 21.6. The molecule has 0 spiro atoms. The molecule has 1 aliphatic rings. The van der Waals surface area contributed by atoms with Crippen molar-refractivity contribution in [2.24, 2.45) is 0 Å². The maximum atomic E-state index is 4.57. The summed E-state index contributed by atoms with van der Waals surface area (Å²) < 4.78 is 4.38. The molecular formula is C10H18N4S. The van der Waals surface area contributed by atoms with Gasteiger partial charge in [-0.15, -0.1) is 0 Å². The van der Waals surface area contributed by atoms with Crippen LogP contribution in [0.5, 0.6) is 0 Å². The molecule has 2 heterocycles. The van der Waals surface area contributed by atoms with Crippen molar-refractivity contribution in [3.63, 3.8) is 0 Å². The molecule has 0 aromatic carbocycles. The van der Waals surface area contributed by atoms with Crippen molar-refractivity contribution in [3.8, 4) is 0 Å². The number of hydrogen-bond acceptors (Lipinski definition) is 5. The van der Waals surface area contributed by atoms with Gasteiger partial charge in [-0.25, -0.2) is 4.98 Å². The Bertz CT molecular complexity index is 323. The summed E-state index contributed by atoms with van der Waals surface area (Å²) in [5.74, 6) is 1.40. The van der Waals surface area contributed by atoms with Crippen molar-refractivity contribution in [2.75, 3.05) is 25.0 Å². The van der Waals surface area contributed by atoms with Gasteiger partial charge in [-0.2, -0.15) is 4.37 Å². The van der Waals surface area contributed by atoms with Gasteiger partial charge in [-0.1, -0.05) is 13.8 Å². The van der Waals surface area contributed by atoms with Gasteiger partial charge in [0.1, 0.15) is 5.82 Å². The van der Waals surface area contributed by atoms with Crippen LogP contribution >= 0.6 is 11.5 Å². The number of anilines is 1. The van der Waals surface area contributed by atoms with Gasteiger partial charge >= 0.3 is 0 Å². The third kappa shape index (κ3) is 2.29. The topological polar surface area (TPSA) is 41.0 Å². The molecule has 15 heavy (non-hydrogen) atoms. The van der Waals surface area contributed by atoms with Crippen LogP contribution in [-0.4, -0.2) is 35.5 Å². The molecule has 0 amide bonds. The first kappa shape index (κ1) is 10.8. The Kier molecular flexibility index (Phi) is 3.21. The minimum absolute atomic E-state index is 0.428. The molecule has 0 bridgehead atoms. The third-order valence-electron chi connectivity index (χ3n) is 2.81. The molecule has 4 nitrogen and oxygen atoms in total. The third-order valence-corrected chi connectivity index (χ3v) is 3.61. The number of nitrogens with one attached hydrogen (secondary N) is 1. The average molecular weight is 226 g/mol. The van der Waals surface area contributed by atoms with E-state index in [-0.39, 0.29) is 0 Å². The van der Waals surface area contributed by atoms with Crippen molar-refractivity contribution < 1.29 is 0 Å². The van der Waals surface area contributed by atoms with Crippen LogP contribution in [0.3, 0.4) is 0 Å². The van der Waals surface area contributed by atoms with E-state index in [1.807, 2.05) is 7.05 Å². The molecule has 84 valence electrons. The van der Waals surface area contributed by atoms with Crippen molar-refractivity contribution in [1.29, 1.82) is 0 Å². The fourth-order valence-corrected chi connectivity index (χ4v) is 2.60. The Balaban J connectivity index is 2.04. The molecule has 1 fully saturated rings. The largest absolute Gasteiger partial charge is 0.345 e. The van der Waals surface area contributed by atoms with E-state index >= 15 is 0 Å². The van der Waals surface area contributed by atoms with Crippen LogP contribution in [0, 0.1) is 0 Å². The van der Waals surface area contributed by atoms with E-state index in [1.54, 1.807) is 0 Å². The number of hydrogen-bond donors (Lipinski definition) is 1. The minimum atomic E-state index is 0.428. The number of likely N-dealkylation sites (N-methyl/N-ethyl adjacent to an activating group) is 1. The molecule has 1 saturated heterocycles. The van der Waals surface area contributed by atoms with Crippen LogP contribution in [0.25, 0.3) is 0 Å². The monoisotopic (exact) mass is 226 g/mol. The van der Waals surface area contributed by atoms with Gasteiger partial charge in [0.25, 0.3) is 0 Å². The average Bonchev–Trinajstić information content (AvgIpc) is 2.86. The summed E-state index contributed by atoms with van der Waals surface area (Å²) >= 11 is 1.52. The standard InChI is InChI=1S/C10H18N4S/c1-7(2)9-12-10(15-13-9)14-5-4-8(6-14)11-3/h7-8,11H,4-6H2,1-3H3. The lowest BCUT2D eigenvalue weighted by molar-refractivity contribution is 0.617. The maximum Gasteiger partial charge on any atom is 0.205 e. The predicted octanol–water partition coefficient (Wildman–Crippen LogP) is 1.46. The number of nitrogens with zero attached hydrogens (tertiary/aromatic N) is 3. The molecule has 5 heteroatoms. The van der Waals surface area contributed by atoms with E-state index in [4.69, 9.17) is 0 Å².